The Kier molecular flexibility index (Phi) is 4.28. The number of benzene rings is 1. The third-order valence-electron chi connectivity index (χ3n) is 3.86. The molecule has 0 aliphatic heterocycles. The van der Waals surface area contributed by atoms with E-state index in [-0.39, 0.29) is 6.04 Å². The van der Waals surface area contributed by atoms with Crippen LogP contribution in [0.15, 0.2) is 24.3 Å². The Morgan fingerprint density at radius 2 is 1.94 bits per heavy atom. The van der Waals surface area contributed by atoms with E-state index in [9.17, 15) is 0 Å². The van der Waals surface area contributed by atoms with Crippen molar-refractivity contribution in [2.45, 2.75) is 52.1 Å². The van der Waals surface area contributed by atoms with Crippen molar-refractivity contribution < 1.29 is 0 Å². The smallest absolute Gasteiger partial charge is 0.0417 e. The Hall–Kier alpha value is -1.02. The lowest BCUT2D eigenvalue weighted by Gasteiger charge is -2.32. The molecular weight excluding hydrogens is 220 g/mol. The average Bonchev–Trinajstić information content (AvgIpc) is 3.18. The standard InChI is InChI=1S/C16H26N2/c1-4-15(17)14-7-5-6-8-16(14)18(12(2)3)11-13-9-10-13/h5-8,12-13,15H,4,9-11,17H2,1-3H3. The van der Waals surface area contributed by atoms with E-state index in [0.29, 0.717) is 6.04 Å². The largest absolute Gasteiger partial charge is 0.369 e. The predicted molar refractivity (Wildman–Crippen MR) is 78.9 cm³/mol. The van der Waals surface area contributed by atoms with Crippen LogP contribution in [-0.4, -0.2) is 12.6 Å². The van der Waals surface area contributed by atoms with Crippen LogP contribution in [0.4, 0.5) is 5.69 Å². The van der Waals surface area contributed by atoms with Crippen molar-refractivity contribution in [1.82, 2.24) is 0 Å². The van der Waals surface area contributed by atoms with Crippen molar-refractivity contribution in [3.05, 3.63) is 29.8 Å². The fourth-order valence-corrected chi connectivity index (χ4v) is 2.45. The summed E-state index contributed by atoms with van der Waals surface area (Å²) in [6.07, 6.45) is 3.78. The Bertz CT molecular complexity index is 382. The lowest BCUT2D eigenvalue weighted by molar-refractivity contribution is 0.629. The molecule has 0 amide bonds. The number of nitrogens with two attached hydrogens (primary N) is 1. The minimum atomic E-state index is 0.154. The predicted octanol–water partition coefficient (Wildman–Crippen LogP) is 3.72. The molecule has 0 aromatic heterocycles. The van der Waals surface area contributed by atoms with Gasteiger partial charge in [-0.05, 0) is 50.7 Å². The van der Waals surface area contributed by atoms with E-state index in [2.05, 4.69) is 49.9 Å². The zero-order valence-electron chi connectivity index (χ0n) is 11.9. The Morgan fingerprint density at radius 3 is 2.50 bits per heavy atom. The summed E-state index contributed by atoms with van der Waals surface area (Å²) in [5.74, 6) is 0.901. The van der Waals surface area contributed by atoms with E-state index in [1.165, 1.54) is 30.6 Å². The molecule has 2 nitrogen and oxygen atoms in total. The van der Waals surface area contributed by atoms with E-state index in [1.54, 1.807) is 0 Å². The fourth-order valence-electron chi connectivity index (χ4n) is 2.45. The van der Waals surface area contributed by atoms with Crippen molar-refractivity contribution in [1.29, 1.82) is 0 Å². The third-order valence-corrected chi connectivity index (χ3v) is 3.86. The Labute approximate surface area is 111 Å². The summed E-state index contributed by atoms with van der Waals surface area (Å²) in [5.41, 5.74) is 8.89. The third kappa shape index (κ3) is 3.05. The van der Waals surface area contributed by atoms with Gasteiger partial charge in [-0.15, -0.1) is 0 Å². The Balaban J connectivity index is 2.27. The number of hydrogen-bond acceptors (Lipinski definition) is 2. The van der Waals surface area contributed by atoms with E-state index in [4.69, 9.17) is 5.73 Å². The monoisotopic (exact) mass is 246 g/mol. The van der Waals surface area contributed by atoms with Crippen molar-refractivity contribution >= 4 is 5.69 Å². The molecule has 1 aromatic rings. The quantitative estimate of drug-likeness (QED) is 0.829. The SMILES string of the molecule is CCC(N)c1ccccc1N(CC1CC1)C(C)C. The summed E-state index contributed by atoms with van der Waals surface area (Å²) >= 11 is 0. The topological polar surface area (TPSA) is 29.3 Å². The van der Waals surface area contributed by atoms with Crippen LogP contribution in [0.1, 0.15) is 51.6 Å². The second kappa shape index (κ2) is 5.75. The van der Waals surface area contributed by atoms with E-state index < -0.39 is 0 Å². The summed E-state index contributed by atoms with van der Waals surface area (Å²) in [5, 5.41) is 0. The van der Waals surface area contributed by atoms with Crippen molar-refractivity contribution in [2.24, 2.45) is 11.7 Å². The molecule has 1 aromatic carbocycles. The van der Waals surface area contributed by atoms with Gasteiger partial charge in [-0.2, -0.15) is 0 Å². The van der Waals surface area contributed by atoms with Gasteiger partial charge in [0.1, 0.15) is 0 Å². The van der Waals surface area contributed by atoms with Crippen LogP contribution >= 0.6 is 0 Å². The second-order valence-electron chi connectivity index (χ2n) is 5.76. The molecule has 1 saturated carbocycles. The molecule has 100 valence electrons. The molecule has 0 heterocycles. The van der Waals surface area contributed by atoms with Crippen LogP contribution in [0, 0.1) is 5.92 Å². The van der Waals surface area contributed by atoms with Crippen LogP contribution in [0.3, 0.4) is 0 Å². The summed E-state index contributed by atoms with van der Waals surface area (Å²) < 4.78 is 0. The minimum absolute atomic E-state index is 0.154. The minimum Gasteiger partial charge on any atom is -0.369 e. The Morgan fingerprint density at radius 1 is 1.28 bits per heavy atom. The first kappa shape index (κ1) is 13.4. The van der Waals surface area contributed by atoms with Crippen molar-refractivity contribution in [3.8, 4) is 0 Å². The van der Waals surface area contributed by atoms with Crippen LogP contribution in [-0.2, 0) is 0 Å². The molecule has 1 aliphatic rings. The van der Waals surface area contributed by atoms with Crippen LogP contribution in [0.2, 0.25) is 0 Å². The molecule has 2 heteroatoms. The van der Waals surface area contributed by atoms with Crippen LogP contribution in [0.25, 0.3) is 0 Å². The van der Waals surface area contributed by atoms with E-state index in [1.807, 2.05) is 0 Å². The number of hydrogen-bond donors (Lipinski definition) is 1. The van der Waals surface area contributed by atoms with Gasteiger partial charge in [0.05, 0.1) is 0 Å². The van der Waals surface area contributed by atoms with Gasteiger partial charge >= 0.3 is 0 Å². The van der Waals surface area contributed by atoms with Crippen molar-refractivity contribution in [2.75, 3.05) is 11.4 Å². The lowest BCUT2D eigenvalue weighted by Crippen LogP contribution is -2.34. The molecule has 0 radical (unpaired) electrons. The molecule has 0 saturated heterocycles. The first-order chi connectivity index (χ1) is 8.63. The molecule has 2 rings (SSSR count). The zero-order valence-corrected chi connectivity index (χ0v) is 11.9. The maximum atomic E-state index is 6.25. The first-order valence-electron chi connectivity index (χ1n) is 7.24. The van der Waals surface area contributed by atoms with Gasteiger partial charge < -0.3 is 10.6 Å². The number of anilines is 1. The highest BCUT2D eigenvalue weighted by Crippen LogP contribution is 2.34. The van der Waals surface area contributed by atoms with Gasteiger partial charge in [0.15, 0.2) is 0 Å². The summed E-state index contributed by atoms with van der Waals surface area (Å²) in [6.45, 7) is 7.89. The van der Waals surface area contributed by atoms with Crippen LogP contribution in [0.5, 0.6) is 0 Å². The number of nitrogens with zero attached hydrogens (tertiary/aromatic N) is 1. The lowest BCUT2D eigenvalue weighted by atomic mass is 10.0. The maximum Gasteiger partial charge on any atom is 0.0417 e. The molecule has 0 spiro atoms. The van der Waals surface area contributed by atoms with Crippen LogP contribution < -0.4 is 10.6 Å². The average molecular weight is 246 g/mol. The van der Waals surface area contributed by atoms with Gasteiger partial charge in [-0.1, -0.05) is 25.1 Å². The molecule has 2 N–H and O–H groups in total. The molecular formula is C16H26N2. The molecule has 1 aliphatic carbocycles. The molecule has 1 atom stereocenters. The van der Waals surface area contributed by atoms with Gasteiger partial charge in [0.2, 0.25) is 0 Å². The summed E-state index contributed by atoms with van der Waals surface area (Å²) in [4.78, 5) is 2.53. The van der Waals surface area contributed by atoms with Crippen molar-refractivity contribution in [3.63, 3.8) is 0 Å². The first-order valence-corrected chi connectivity index (χ1v) is 7.24. The highest BCUT2D eigenvalue weighted by Gasteiger charge is 2.27. The molecule has 18 heavy (non-hydrogen) atoms. The molecule has 1 fully saturated rings. The van der Waals surface area contributed by atoms with E-state index >= 15 is 0 Å². The number of rotatable bonds is 6. The number of para-hydroxylation sites is 1. The van der Waals surface area contributed by atoms with Gasteiger partial charge in [0.25, 0.3) is 0 Å². The normalized spacial score (nSPS) is 16.9. The highest BCUT2D eigenvalue weighted by molar-refractivity contribution is 5.55. The fraction of sp³-hybridized carbons (Fsp3) is 0.625. The summed E-state index contributed by atoms with van der Waals surface area (Å²) in [6, 6.07) is 9.34. The second-order valence-corrected chi connectivity index (χ2v) is 5.76. The van der Waals surface area contributed by atoms with Gasteiger partial charge in [-0.3, -0.25) is 0 Å². The van der Waals surface area contributed by atoms with E-state index in [0.717, 1.165) is 12.3 Å². The zero-order chi connectivity index (χ0) is 13.1. The highest BCUT2D eigenvalue weighted by atomic mass is 15.2. The molecule has 0 bridgehead atoms. The molecule has 1 unspecified atom stereocenters. The summed E-state index contributed by atoms with van der Waals surface area (Å²) in [7, 11) is 0. The van der Waals surface area contributed by atoms with Gasteiger partial charge in [-0.25, -0.2) is 0 Å². The maximum absolute atomic E-state index is 6.25. The van der Waals surface area contributed by atoms with Gasteiger partial charge in [0, 0.05) is 24.3 Å².